The second-order valence-electron chi connectivity index (χ2n) is 7.74. The molecule has 2 aromatic carbocycles. The van der Waals surface area contributed by atoms with Crippen molar-refractivity contribution in [3.05, 3.63) is 93.5 Å². The molecule has 0 aliphatic carbocycles. The molecule has 1 atom stereocenters. The number of aromatic nitrogens is 3. The number of fused-ring (bicyclic) bond motifs is 2. The summed E-state index contributed by atoms with van der Waals surface area (Å²) in [4.78, 5) is 30.2. The molecule has 32 heavy (non-hydrogen) atoms. The largest absolute Gasteiger partial charge is 0.375 e. The molecular formula is C23H16F2N4O3. The molecule has 0 spiro atoms. The number of aliphatic hydroxyl groups is 1. The van der Waals surface area contributed by atoms with Crippen LogP contribution in [-0.4, -0.2) is 26.2 Å². The first kappa shape index (κ1) is 20.0. The van der Waals surface area contributed by atoms with Crippen molar-refractivity contribution in [2.45, 2.75) is 18.9 Å². The van der Waals surface area contributed by atoms with E-state index in [1.165, 1.54) is 13.1 Å². The zero-order valence-electron chi connectivity index (χ0n) is 16.8. The van der Waals surface area contributed by atoms with Gasteiger partial charge in [-0.1, -0.05) is 18.2 Å². The Balaban J connectivity index is 1.58. The van der Waals surface area contributed by atoms with E-state index in [0.29, 0.717) is 28.5 Å². The summed E-state index contributed by atoms with van der Waals surface area (Å²) >= 11 is 0. The molecule has 1 amide bonds. The van der Waals surface area contributed by atoms with E-state index in [4.69, 9.17) is 0 Å². The Bertz CT molecular complexity index is 1470. The van der Waals surface area contributed by atoms with E-state index in [1.807, 2.05) is 0 Å². The van der Waals surface area contributed by atoms with E-state index in [2.05, 4.69) is 15.2 Å². The minimum Gasteiger partial charge on any atom is -0.375 e. The fourth-order valence-electron chi connectivity index (χ4n) is 3.97. The van der Waals surface area contributed by atoms with Crippen LogP contribution in [0.4, 0.5) is 20.3 Å². The number of nitrogens with zero attached hydrogens (tertiary/aromatic N) is 3. The SMILES string of the molecule is CC1(O)C(=O)N(c2cc(Cc3n[nH]c(=O)c4ccccc34)ccn2)c2cc(F)c(F)cc21. The molecule has 1 aliphatic rings. The number of amides is 1. The molecule has 0 saturated heterocycles. The average molecular weight is 434 g/mol. The van der Waals surface area contributed by atoms with E-state index >= 15 is 0 Å². The highest BCUT2D eigenvalue weighted by atomic mass is 19.2. The van der Waals surface area contributed by atoms with Crippen molar-refractivity contribution in [1.29, 1.82) is 0 Å². The van der Waals surface area contributed by atoms with E-state index in [-0.39, 0.29) is 22.6 Å². The second-order valence-corrected chi connectivity index (χ2v) is 7.74. The Labute approximate surface area is 180 Å². The van der Waals surface area contributed by atoms with Crippen LogP contribution in [-0.2, 0) is 16.8 Å². The standard InChI is InChI=1S/C23H16F2N4O3/c1-23(32)15-10-16(24)17(25)11-19(15)29(22(23)31)20-9-12(6-7-26-20)8-18-13-4-2-3-5-14(13)21(30)28-27-18/h2-7,9-11,32H,8H2,1H3,(H,28,30). The van der Waals surface area contributed by atoms with Crippen molar-refractivity contribution in [2.75, 3.05) is 4.90 Å². The number of aromatic amines is 1. The van der Waals surface area contributed by atoms with Gasteiger partial charge >= 0.3 is 0 Å². The first-order valence-electron chi connectivity index (χ1n) is 9.75. The third-order valence-electron chi connectivity index (χ3n) is 5.61. The molecular weight excluding hydrogens is 418 g/mol. The number of hydrogen-bond donors (Lipinski definition) is 2. The maximum absolute atomic E-state index is 13.9. The van der Waals surface area contributed by atoms with Gasteiger partial charge in [-0.25, -0.2) is 18.9 Å². The molecule has 9 heteroatoms. The maximum atomic E-state index is 13.9. The summed E-state index contributed by atoms with van der Waals surface area (Å²) in [6.45, 7) is 1.23. The quantitative estimate of drug-likeness (QED) is 0.516. The number of carbonyl (C=O) groups excluding carboxylic acids is 1. The van der Waals surface area contributed by atoms with Crippen molar-refractivity contribution >= 4 is 28.2 Å². The van der Waals surface area contributed by atoms with Crippen LogP contribution >= 0.6 is 0 Å². The minimum atomic E-state index is -2.03. The van der Waals surface area contributed by atoms with Crippen LogP contribution in [0, 0.1) is 11.6 Å². The van der Waals surface area contributed by atoms with Gasteiger partial charge in [0.2, 0.25) is 0 Å². The van der Waals surface area contributed by atoms with Gasteiger partial charge in [0, 0.05) is 29.6 Å². The molecule has 0 fully saturated rings. The smallest absolute Gasteiger partial charge is 0.272 e. The number of carbonyl (C=O) groups is 1. The molecule has 2 aromatic heterocycles. The number of nitrogens with one attached hydrogen (secondary N) is 1. The zero-order chi connectivity index (χ0) is 22.6. The Morgan fingerprint density at radius 2 is 1.78 bits per heavy atom. The summed E-state index contributed by atoms with van der Waals surface area (Å²) in [5.74, 6) is -2.92. The number of benzene rings is 2. The van der Waals surface area contributed by atoms with Crippen molar-refractivity contribution < 1.29 is 18.7 Å². The van der Waals surface area contributed by atoms with Gasteiger partial charge in [0.15, 0.2) is 17.2 Å². The lowest BCUT2D eigenvalue weighted by Crippen LogP contribution is -2.35. The molecule has 0 bridgehead atoms. The molecule has 0 saturated carbocycles. The summed E-state index contributed by atoms with van der Waals surface area (Å²) in [5, 5.41) is 18.5. The maximum Gasteiger partial charge on any atom is 0.272 e. The summed E-state index contributed by atoms with van der Waals surface area (Å²) in [7, 11) is 0. The highest BCUT2D eigenvalue weighted by molar-refractivity contribution is 6.11. The first-order valence-corrected chi connectivity index (χ1v) is 9.75. The van der Waals surface area contributed by atoms with E-state index in [0.717, 1.165) is 17.0 Å². The molecule has 4 aromatic rings. The summed E-state index contributed by atoms with van der Waals surface area (Å²) in [5.41, 5.74) is -1.01. The fraction of sp³-hybridized carbons (Fsp3) is 0.130. The molecule has 5 rings (SSSR count). The molecule has 1 unspecified atom stereocenters. The lowest BCUT2D eigenvalue weighted by Gasteiger charge is -2.19. The number of rotatable bonds is 3. The Morgan fingerprint density at radius 3 is 2.56 bits per heavy atom. The third kappa shape index (κ3) is 2.97. The topological polar surface area (TPSA) is 99.2 Å². The first-order chi connectivity index (χ1) is 15.3. The normalized spacial score (nSPS) is 17.8. The monoisotopic (exact) mass is 434 g/mol. The van der Waals surface area contributed by atoms with Gasteiger partial charge in [-0.05, 0) is 36.8 Å². The Hall–Kier alpha value is -3.98. The fourth-order valence-corrected chi connectivity index (χ4v) is 3.97. The van der Waals surface area contributed by atoms with Gasteiger partial charge in [-0.15, -0.1) is 0 Å². The van der Waals surface area contributed by atoms with Crippen molar-refractivity contribution in [3.63, 3.8) is 0 Å². The number of pyridine rings is 1. The highest BCUT2D eigenvalue weighted by Crippen LogP contribution is 2.44. The van der Waals surface area contributed by atoms with Gasteiger partial charge in [-0.2, -0.15) is 5.10 Å². The van der Waals surface area contributed by atoms with Crippen LogP contribution < -0.4 is 10.5 Å². The van der Waals surface area contributed by atoms with Gasteiger partial charge in [0.1, 0.15) is 5.82 Å². The zero-order valence-corrected chi connectivity index (χ0v) is 16.8. The summed E-state index contributed by atoms with van der Waals surface area (Å²) in [6.07, 6.45) is 1.79. The van der Waals surface area contributed by atoms with E-state index < -0.39 is 23.1 Å². The van der Waals surface area contributed by atoms with Crippen molar-refractivity contribution in [2.24, 2.45) is 0 Å². The van der Waals surface area contributed by atoms with Crippen LogP contribution in [0.25, 0.3) is 10.8 Å². The molecule has 1 aliphatic heterocycles. The van der Waals surface area contributed by atoms with Gasteiger partial charge in [0.25, 0.3) is 11.5 Å². The van der Waals surface area contributed by atoms with Gasteiger partial charge < -0.3 is 5.11 Å². The predicted molar refractivity (Wildman–Crippen MR) is 112 cm³/mol. The highest BCUT2D eigenvalue weighted by Gasteiger charge is 2.48. The molecule has 3 heterocycles. The van der Waals surface area contributed by atoms with Gasteiger partial charge in [-0.3, -0.25) is 14.5 Å². The molecule has 160 valence electrons. The van der Waals surface area contributed by atoms with Crippen LogP contribution in [0.5, 0.6) is 0 Å². The van der Waals surface area contributed by atoms with Crippen molar-refractivity contribution in [1.82, 2.24) is 15.2 Å². The number of H-pyrrole nitrogens is 1. The minimum absolute atomic E-state index is 0.0242. The lowest BCUT2D eigenvalue weighted by atomic mass is 9.98. The van der Waals surface area contributed by atoms with E-state index in [9.17, 15) is 23.5 Å². The molecule has 2 N–H and O–H groups in total. The second kappa shape index (κ2) is 7.03. The molecule has 7 nitrogen and oxygen atoms in total. The van der Waals surface area contributed by atoms with E-state index in [1.54, 1.807) is 36.4 Å². The predicted octanol–water partition coefficient (Wildman–Crippen LogP) is 3.07. The Morgan fingerprint density at radius 1 is 1.06 bits per heavy atom. The third-order valence-corrected chi connectivity index (χ3v) is 5.61. The van der Waals surface area contributed by atoms with Crippen LogP contribution in [0.1, 0.15) is 23.7 Å². The molecule has 0 radical (unpaired) electrons. The average Bonchev–Trinajstić information content (AvgIpc) is 2.96. The number of anilines is 2. The van der Waals surface area contributed by atoms with Crippen LogP contribution in [0.2, 0.25) is 0 Å². The Kier molecular flexibility index (Phi) is 4.38. The van der Waals surface area contributed by atoms with Gasteiger partial charge in [0.05, 0.1) is 16.8 Å². The van der Waals surface area contributed by atoms with Crippen LogP contribution in [0.15, 0.2) is 59.5 Å². The summed E-state index contributed by atoms with van der Waals surface area (Å²) in [6, 6.07) is 12.1. The summed E-state index contributed by atoms with van der Waals surface area (Å²) < 4.78 is 27.7. The number of hydrogen-bond acceptors (Lipinski definition) is 5. The number of halogens is 2. The van der Waals surface area contributed by atoms with Crippen LogP contribution in [0.3, 0.4) is 0 Å². The van der Waals surface area contributed by atoms with Crippen molar-refractivity contribution in [3.8, 4) is 0 Å². The lowest BCUT2D eigenvalue weighted by molar-refractivity contribution is -0.133.